The third-order valence-corrected chi connectivity index (χ3v) is 4.21. The fourth-order valence-corrected chi connectivity index (χ4v) is 3.27. The Morgan fingerprint density at radius 1 is 1.21 bits per heavy atom. The van der Waals surface area contributed by atoms with E-state index in [0.717, 1.165) is 12.8 Å². The van der Waals surface area contributed by atoms with Gasteiger partial charge in [-0.25, -0.2) is 4.79 Å². The standard InChI is InChI=1S/C15H19NO3/c17-14(10-4-2-1-3-5-10)15(18)19-13-8-11-6-7-12(9-13)16-11/h1-5,11-14,16-17H,6-9H2/p+1/t11-,12+,13?,14?. The smallest absolute Gasteiger partial charge is 0.339 e. The van der Waals surface area contributed by atoms with Crippen molar-refractivity contribution in [1.82, 2.24) is 0 Å². The van der Waals surface area contributed by atoms with Gasteiger partial charge in [0.2, 0.25) is 0 Å². The van der Waals surface area contributed by atoms with E-state index in [1.54, 1.807) is 12.1 Å². The number of rotatable bonds is 3. The van der Waals surface area contributed by atoms with Gasteiger partial charge in [-0.3, -0.25) is 0 Å². The van der Waals surface area contributed by atoms with Crippen LogP contribution in [0.1, 0.15) is 37.4 Å². The summed E-state index contributed by atoms with van der Waals surface area (Å²) in [5, 5.41) is 12.4. The van der Waals surface area contributed by atoms with Gasteiger partial charge in [0.1, 0.15) is 6.10 Å². The van der Waals surface area contributed by atoms with Crippen molar-refractivity contribution in [3.8, 4) is 0 Å². The molecule has 2 heterocycles. The maximum atomic E-state index is 12.0. The number of nitrogens with two attached hydrogens (primary N) is 1. The molecule has 4 atom stereocenters. The van der Waals surface area contributed by atoms with Crippen molar-refractivity contribution in [3.05, 3.63) is 35.9 Å². The Labute approximate surface area is 112 Å². The summed E-state index contributed by atoms with van der Waals surface area (Å²) in [7, 11) is 0. The molecule has 102 valence electrons. The van der Waals surface area contributed by atoms with E-state index in [-0.39, 0.29) is 6.10 Å². The number of ether oxygens (including phenoxy) is 1. The van der Waals surface area contributed by atoms with E-state index in [9.17, 15) is 9.90 Å². The van der Waals surface area contributed by atoms with E-state index in [0.29, 0.717) is 17.6 Å². The summed E-state index contributed by atoms with van der Waals surface area (Å²) < 4.78 is 5.48. The molecular weight excluding hydrogens is 242 g/mol. The predicted octanol–water partition coefficient (Wildman–Crippen LogP) is 0.520. The molecule has 2 bridgehead atoms. The number of aliphatic hydroxyl groups excluding tert-OH is 1. The van der Waals surface area contributed by atoms with E-state index in [1.165, 1.54) is 12.8 Å². The molecule has 0 aromatic heterocycles. The molecule has 2 aliphatic rings. The van der Waals surface area contributed by atoms with Gasteiger partial charge < -0.3 is 15.2 Å². The maximum Gasteiger partial charge on any atom is 0.339 e. The first-order valence-corrected chi connectivity index (χ1v) is 7.01. The normalized spacial score (nSPS) is 30.9. The summed E-state index contributed by atoms with van der Waals surface area (Å²) in [4.78, 5) is 12.0. The Balaban J connectivity index is 1.59. The van der Waals surface area contributed by atoms with Gasteiger partial charge in [-0.05, 0) is 5.56 Å². The highest BCUT2D eigenvalue weighted by Crippen LogP contribution is 2.25. The number of fused-ring (bicyclic) bond motifs is 2. The lowest BCUT2D eigenvalue weighted by molar-refractivity contribution is -0.712. The second-order valence-corrected chi connectivity index (χ2v) is 5.63. The number of aliphatic hydroxyl groups is 1. The molecule has 0 saturated carbocycles. The minimum absolute atomic E-state index is 0.0200. The lowest BCUT2D eigenvalue weighted by atomic mass is 10.0. The van der Waals surface area contributed by atoms with Gasteiger partial charge >= 0.3 is 5.97 Å². The van der Waals surface area contributed by atoms with Crippen LogP contribution < -0.4 is 5.32 Å². The first-order chi connectivity index (χ1) is 9.22. The van der Waals surface area contributed by atoms with Crippen LogP contribution in [-0.4, -0.2) is 29.3 Å². The van der Waals surface area contributed by atoms with Crippen molar-refractivity contribution in [2.45, 2.75) is 50.0 Å². The van der Waals surface area contributed by atoms with Crippen molar-refractivity contribution < 1.29 is 20.0 Å². The molecule has 0 aliphatic carbocycles. The second-order valence-electron chi connectivity index (χ2n) is 5.63. The highest BCUT2D eigenvalue weighted by Gasteiger charge is 2.39. The molecule has 2 saturated heterocycles. The summed E-state index contributed by atoms with van der Waals surface area (Å²) in [6.45, 7) is 0. The molecule has 0 radical (unpaired) electrons. The molecule has 2 fully saturated rings. The molecule has 19 heavy (non-hydrogen) atoms. The van der Waals surface area contributed by atoms with Crippen molar-refractivity contribution in [3.63, 3.8) is 0 Å². The largest absolute Gasteiger partial charge is 0.460 e. The highest BCUT2D eigenvalue weighted by molar-refractivity contribution is 5.76. The van der Waals surface area contributed by atoms with Crippen LogP contribution in [0, 0.1) is 0 Å². The molecule has 0 amide bonds. The molecule has 4 heteroatoms. The number of benzene rings is 1. The van der Waals surface area contributed by atoms with Gasteiger partial charge in [-0.2, -0.15) is 0 Å². The topological polar surface area (TPSA) is 63.1 Å². The van der Waals surface area contributed by atoms with Crippen molar-refractivity contribution in [1.29, 1.82) is 0 Å². The van der Waals surface area contributed by atoms with Crippen LogP contribution in [-0.2, 0) is 9.53 Å². The van der Waals surface area contributed by atoms with Crippen LogP contribution in [0.5, 0.6) is 0 Å². The number of hydrogen-bond acceptors (Lipinski definition) is 3. The molecular formula is C15H20NO3+. The van der Waals surface area contributed by atoms with Crippen LogP contribution in [0.3, 0.4) is 0 Å². The fourth-order valence-electron chi connectivity index (χ4n) is 3.27. The minimum Gasteiger partial charge on any atom is -0.460 e. The zero-order valence-corrected chi connectivity index (χ0v) is 10.9. The van der Waals surface area contributed by atoms with Crippen molar-refractivity contribution >= 4 is 5.97 Å². The lowest BCUT2D eigenvalue weighted by Crippen LogP contribution is -2.93. The number of esters is 1. The molecule has 2 aliphatic heterocycles. The van der Waals surface area contributed by atoms with Crippen molar-refractivity contribution in [2.24, 2.45) is 0 Å². The van der Waals surface area contributed by atoms with E-state index < -0.39 is 12.1 Å². The summed E-state index contributed by atoms with van der Waals surface area (Å²) in [5.41, 5.74) is 0.595. The molecule has 3 N–H and O–H groups in total. The summed E-state index contributed by atoms with van der Waals surface area (Å²) in [6, 6.07) is 10.2. The zero-order valence-electron chi connectivity index (χ0n) is 10.9. The number of quaternary nitrogens is 1. The number of carbonyl (C=O) groups excluding carboxylic acids is 1. The van der Waals surface area contributed by atoms with Crippen LogP contribution >= 0.6 is 0 Å². The van der Waals surface area contributed by atoms with Gasteiger partial charge in [0.15, 0.2) is 6.10 Å². The molecule has 1 aromatic carbocycles. The lowest BCUT2D eigenvalue weighted by Gasteiger charge is -2.26. The Bertz CT molecular complexity index is 436. The summed E-state index contributed by atoms with van der Waals surface area (Å²) in [6.07, 6.45) is 3.10. The average Bonchev–Trinajstić information content (AvgIpc) is 2.78. The minimum atomic E-state index is -1.16. The third kappa shape index (κ3) is 2.80. The Morgan fingerprint density at radius 2 is 1.84 bits per heavy atom. The summed E-state index contributed by atoms with van der Waals surface area (Å²) in [5.74, 6) is -0.516. The van der Waals surface area contributed by atoms with Crippen LogP contribution in [0.2, 0.25) is 0 Å². The van der Waals surface area contributed by atoms with Gasteiger partial charge in [0.05, 0.1) is 12.1 Å². The van der Waals surface area contributed by atoms with Gasteiger partial charge in [0, 0.05) is 25.7 Å². The van der Waals surface area contributed by atoms with Crippen molar-refractivity contribution in [2.75, 3.05) is 0 Å². The number of hydrogen-bond donors (Lipinski definition) is 2. The molecule has 4 nitrogen and oxygen atoms in total. The third-order valence-electron chi connectivity index (χ3n) is 4.21. The Hall–Kier alpha value is -1.39. The summed E-state index contributed by atoms with van der Waals surface area (Å²) >= 11 is 0. The average molecular weight is 262 g/mol. The molecule has 2 unspecified atom stereocenters. The monoisotopic (exact) mass is 262 g/mol. The predicted molar refractivity (Wildman–Crippen MR) is 69.3 cm³/mol. The van der Waals surface area contributed by atoms with E-state index in [4.69, 9.17) is 4.74 Å². The second kappa shape index (κ2) is 5.31. The Kier molecular flexibility index (Phi) is 3.53. The maximum absolute atomic E-state index is 12.0. The van der Waals surface area contributed by atoms with Gasteiger partial charge in [-0.15, -0.1) is 0 Å². The fraction of sp³-hybridized carbons (Fsp3) is 0.533. The highest BCUT2D eigenvalue weighted by atomic mass is 16.6. The van der Waals surface area contributed by atoms with Gasteiger partial charge in [0.25, 0.3) is 0 Å². The Morgan fingerprint density at radius 3 is 2.47 bits per heavy atom. The SMILES string of the molecule is O=C(OC1C[C@H]2CC[C@@H](C1)[NH2+]2)C(O)c1ccccc1. The zero-order chi connectivity index (χ0) is 13.2. The van der Waals surface area contributed by atoms with Crippen LogP contribution in [0.15, 0.2) is 30.3 Å². The molecule has 3 rings (SSSR count). The molecule has 1 aromatic rings. The van der Waals surface area contributed by atoms with E-state index >= 15 is 0 Å². The van der Waals surface area contributed by atoms with Crippen LogP contribution in [0.4, 0.5) is 0 Å². The van der Waals surface area contributed by atoms with Gasteiger partial charge in [-0.1, -0.05) is 30.3 Å². The van der Waals surface area contributed by atoms with Crippen LogP contribution in [0.25, 0.3) is 0 Å². The quantitative estimate of drug-likeness (QED) is 0.781. The van der Waals surface area contributed by atoms with E-state index in [1.807, 2.05) is 18.2 Å². The first-order valence-electron chi connectivity index (χ1n) is 7.01. The first kappa shape index (κ1) is 12.6. The van der Waals surface area contributed by atoms with E-state index in [2.05, 4.69) is 5.32 Å². The number of piperidine rings is 1. The number of carbonyl (C=O) groups is 1. The molecule has 0 spiro atoms.